The molecule has 0 spiro atoms. The Kier molecular flexibility index (Phi) is 5.05. The number of nitrogens with one attached hydrogen (secondary N) is 1. The summed E-state index contributed by atoms with van der Waals surface area (Å²) in [7, 11) is 0. The second-order valence-corrected chi connectivity index (χ2v) is 7.51. The van der Waals surface area contributed by atoms with Crippen LogP contribution in [0.15, 0.2) is 30.3 Å². The lowest BCUT2D eigenvalue weighted by Gasteiger charge is -2.21. The highest BCUT2D eigenvalue weighted by Crippen LogP contribution is 2.35. The van der Waals surface area contributed by atoms with Crippen LogP contribution in [0.3, 0.4) is 0 Å². The highest BCUT2D eigenvalue weighted by atomic mass is 35.5. The fraction of sp³-hybridized carbons (Fsp3) is 0.333. The molecule has 5 heteroatoms. The zero-order chi connectivity index (χ0) is 19.0. The van der Waals surface area contributed by atoms with Crippen LogP contribution in [0.4, 0.5) is 11.4 Å². The second kappa shape index (κ2) is 7.12. The molecule has 1 aliphatic rings. The van der Waals surface area contributed by atoms with Gasteiger partial charge in [-0.2, -0.15) is 0 Å². The summed E-state index contributed by atoms with van der Waals surface area (Å²) in [4.78, 5) is 26.8. The maximum atomic E-state index is 12.6. The van der Waals surface area contributed by atoms with Gasteiger partial charge in [0.15, 0.2) is 0 Å². The SMILES string of the molecule is Cc1cc(C)c(N2CC(C(=O)Nc3ccc(C)c(C)c3)CC2=O)c(Cl)c1. The zero-order valence-electron chi connectivity index (χ0n) is 15.5. The fourth-order valence-electron chi connectivity index (χ4n) is 3.41. The first-order valence-corrected chi connectivity index (χ1v) is 9.09. The van der Waals surface area contributed by atoms with Crippen LogP contribution < -0.4 is 10.2 Å². The Hall–Kier alpha value is -2.33. The zero-order valence-corrected chi connectivity index (χ0v) is 16.3. The number of carbonyl (C=O) groups is 2. The molecular formula is C21H23ClN2O2. The first-order chi connectivity index (χ1) is 12.3. The van der Waals surface area contributed by atoms with Crippen molar-refractivity contribution < 1.29 is 9.59 Å². The van der Waals surface area contributed by atoms with Crippen LogP contribution >= 0.6 is 11.6 Å². The first-order valence-electron chi connectivity index (χ1n) is 8.71. The Morgan fingerprint density at radius 2 is 1.81 bits per heavy atom. The molecule has 1 heterocycles. The van der Waals surface area contributed by atoms with Gasteiger partial charge in [0, 0.05) is 18.7 Å². The van der Waals surface area contributed by atoms with Gasteiger partial charge in [-0.3, -0.25) is 9.59 Å². The van der Waals surface area contributed by atoms with Crippen molar-refractivity contribution in [2.75, 3.05) is 16.8 Å². The number of carbonyl (C=O) groups excluding carboxylic acids is 2. The van der Waals surface area contributed by atoms with Crippen molar-refractivity contribution in [2.45, 2.75) is 34.1 Å². The average molecular weight is 371 g/mol. The van der Waals surface area contributed by atoms with Crippen LogP contribution in [0.25, 0.3) is 0 Å². The monoisotopic (exact) mass is 370 g/mol. The smallest absolute Gasteiger partial charge is 0.229 e. The summed E-state index contributed by atoms with van der Waals surface area (Å²) in [5.74, 6) is -0.593. The van der Waals surface area contributed by atoms with Gasteiger partial charge >= 0.3 is 0 Å². The van der Waals surface area contributed by atoms with Crippen molar-refractivity contribution in [1.82, 2.24) is 0 Å². The van der Waals surface area contributed by atoms with Gasteiger partial charge in [0.2, 0.25) is 11.8 Å². The third-order valence-electron chi connectivity index (χ3n) is 4.94. The Morgan fingerprint density at radius 3 is 2.46 bits per heavy atom. The molecular weight excluding hydrogens is 348 g/mol. The van der Waals surface area contributed by atoms with Crippen LogP contribution in [-0.4, -0.2) is 18.4 Å². The molecule has 2 aromatic carbocycles. The topological polar surface area (TPSA) is 49.4 Å². The Labute approximate surface area is 159 Å². The number of hydrogen-bond donors (Lipinski definition) is 1. The Balaban J connectivity index is 1.77. The van der Waals surface area contributed by atoms with Crippen molar-refractivity contribution in [2.24, 2.45) is 5.92 Å². The number of amides is 2. The molecule has 136 valence electrons. The molecule has 0 aromatic heterocycles. The van der Waals surface area contributed by atoms with Crippen molar-refractivity contribution in [3.63, 3.8) is 0 Å². The normalized spacial score (nSPS) is 16.9. The van der Waals surface area contributed by atoms with E-state index in [0.717, 1.165) is 22.4 Å². The molecule has 1 aliphatic heterocycles. The largest absolute Gasteiger partial charge is 0.326 e. The van der Waals surface area contributed by atoms with Crippen LogP contribution in [0, 0.1) is 33.6 Å². The molecule has 3 rings (SSSR count). The minimum Gasteiger partial charge on any atom is -0.326 e. The number of benzene rings is 2. The van der Waals surface area contributed by atoms with Crippen molar-refractivity contribution >= 4 is 34.8 Å². The van der Waals surface area contributed by atoms with E-state index in [-0.39, 0.29) is 24.2 Å². The number of halogens is 1. The summed E-state index contributed by atoms with van der Waals surface area (Å²) in [5, 5.41) is 3.48. The minimum absolute atomic E-state index is 0.0703. The molecule has 1 atom stereocenters. The molecule has 1 saturated heterocycles. The first kappa shape index (κ1) is 18.5. The quantitative estimate of drug-likeness (QED) is 0.860. The predicted molar refractivity (Wildman–Crippen MR) is 106 cm³/mol. The maximum Gasteiger partial charge on any atom is 0.229 e. The van der Waals surface area contributed by atoms with Gasteiger partial charge in [-0.05, 0) is 68.1 Å². The Bertz CT molecular complexity index is 869. The minimum atomic E-state index is -0.388. The van der Waals surface area contributed by atoms with Crippen LogP contribution in [0.1, 0.15) is 28.7 Å². The number of hydrogen-bond acceptors (Lipinski definition) is 2. The molecule has 2 amide bonds. The van der Waals surface area contributed by atoms with E-state index in [1.165, 1.54) is 5.56 Å². The lowest BCUT2D eigenvalue weighted by Crippen LogP contribution is -2.28. The summed E-state index contributed by atoms with van der Waals surface area (Å²) in [6.07, 6.45) is 0.195. The van der Waals surface area contributed by atoms with E-state index >= 15 is 0 Å². The number of nitrogens with zero attached hydrogens (tertiary/aromatic N) is 1. The van der Waals surface area contributed by atoms with Gasteiger partial charge in [-0.15, -0.1) is 0 Å². The lowest BCUT2D eigenvalue weighted by atomic mass is 10.1. The summed E-state index contributed by atoms with van der Waals surface area (Å²) in [5.41, 5.74) is 5.76. The predicted octanol–water partition coefficient (Wildman–Crippen LogP) is 4.57. The van der Waals surface area contributed by atoms with Gasteiger partial charge in [0.1, 0.15) is 0 Å². The average Bonchev–Trinajstić information content (AvgIpc) is 2.92. The van der Waals surface area contributed by atoms with E-state index in [1.54, 1.807) is 4.90 Å². The van der Waals surface area contributed by atoms with Gasteiger partial charge in [-0.25, -0.2) is 0 Å². The fourth-order valence-corrected chi connectivity index (χ4v) is 3.84. The number of rotatable bonds is 3. The van der Waals surface area contributed by atoms with E-state index in [9.17, 15) is 9.59 Å². The van der Waals surface area contributed by atoms with E-state index in [0.29, 0.717) is 17.3 Å². The molecule has 0 saturated carbocycles. The highest BCUT2D eigenvalue weighted by molar-refractivity contribution is 6.34. The maximum absolute atomic E-state index is 12.6. The van der Waals surface area contributed by atoms with Gasteiger partial charge in [0.25, 0.3) is 0 Å². The summed E-state index contributed by atoms with van der Waals surface area (Å²) in [6.45, 7) is 8.29. The van der Waals surface area contributed by atoms with Gasteiger partial charge in [0.05, 0.1) is 16.6 Å². The van der Waals surface area contributed by atoms with E-state index in [2.05, 4.69) is 5.32 Å². The van der Waals surface area contributed by atoms with Crippen LogP contribution in [-0.2, 0) is 9.59 Å². The standard InChI is InChI=1S/C21H23ClN2O2/c1-12-7-15(4)20(18(22)8-12)24-11-16(10-19(24)25)21(26)23-17-6-5-13(2)14(3)9-17/h5-9,16H,10-11H2,1-4H3,(H,23,26). The number of aryl methyl sites for hydroxylation is 4. The van der Waals surface area contributed by atoms with Gasteiger partial charge < -0.3 is 10.2 Å². The summed E-state index contributed by atoms with van der Waals surface area (Å²) < 4.78 is 0. The van der Waals surface area contributed by atoms with Crippen LogP contribution in [0.2, 0.25) is 5.02 Å². The molecule has 4 nitrogen and oxygen atoms in total. The lowest BCUT2D eigenvalue weighted by molar-refractivity contribution is -0.122. The third-order valence-corrected chi connectivity index (χ3v) is 5.23. The van der Waals surface area contributed by atoms with Crippen molar-refractivity contribution in [3.8, 4) is 0 Å². The molecule has 0 radical (unpaired) electrons. The molecule has 0 aliphatic carbocycles. The third kappa shape index (κ3) is 3.61. The molecule has 26 heavy (non-hydrogen) atoms. The van der Waals surface area contributed by atoms with Crippen molar-refractivity contribution in [1.29, 1.82) is 0 Å². The molecule has 2 aromatic rings. The van der Waals surface area contributed by atoms with E-state index in [1.807, 2.05) is 58.0 Å². The van der Waals surface area contributed by atoms with E-state index in [4.69, 9.17) is 11.6 Å². The van der Waals surface area contributed by atoms with Crippen molar-refractivity contribution in [3.05, 3.63) is 57.6 Å². The molecule has 1 fully saturated rings. The summed E-state index contributed by atoms with van der Waals surface area (Å²) >= 11 is 6.37. The molecule has 1 N–H and O–H groups in total. The Morgan fingerprint density at radius 1 is 1.08 bits per heavy atom. The molecule has 0 bridgehead atoms. The summed E-state index contributed by atoms with van der Waals surface area (Å²) in [6, 6.07) is 9.65. The molecule has 1 unspecified atom stereocenters. The van der Waals surface area contributed by atoms with E-state index < -0.39 is 0 Å². The number of anilines is 2. The van der Waals surface area contributed by atoms with Gasteiger partial charge in [-0.1, -0.05) is 23.7 Å². The highest BCUT2D eigenvalue weighted by Gasteiger charge is 2.36. The van der Waals surface area contributed by atoms with Crippen LogP contribution in [0.5, 0.6) is 0 Å². The second-order valence-electron chi connectivity index (χ2n) is 7.11.